The normalized spacial score (nSPS) is 26.8. The highest BCUT2D eigenvalue weighted by Crippen LogP contribution is 2.35. The van der Waals surface area contributed by atoms with E-state index in [1.807, 2.05) is 13.8 Å². The molecule has 0 heterocycles. The molecule has 0 bridgehead atoms. The van der Waals surface area contributed by atoms with Gasteiger partial charge < -0.3 is 5.32 Å². The molecule has 1 fully saturated rings. The predicted octanol–water partition coefficient (Wildman–Crippen LogP) is 3.16. The van der Waals surface area contributed by atoms with Crippen LogP contribution in [0.25, 0.3) is 0 Å². The van der Waals surface area contributed by atoms with Crippen LogP contribution in [0.5, 0.6) is 0 Å². The van der Waals surface area contributed by atoms with Crippen LogP contribution < -0.4 is 5.32 Å². The Morgan fingerprint density at radius 2 is 1.88 bits per heavy atom. The molecule has 0 spiro atoms. The molecular formula is C14H27NO. The second-order valence-electron chi connectivity index (χ2n) is 5.58. The molecular weight excluding hydrogens is 198 g/mol. The average Bonchev–Trinajstić information content (AvgIpc) is 2.28. The first-order valence-corrected chi connectivity index (χ1v) is 6.82. The van der Waals surface area contributed by atoms with Gasteiger partial charge in [0, 0.05) is 5.92 Å². The molecule has 2 atom stereocenters. The molecule has 1 saturated carbocycles. The summed E-state index contributed by atoms with van der Waals surface area (Å²) in [4.78, 5) is 12.5. The Morgan fingerprint density at radius 3 is 2.44 bits per heavy atom. The van der Waals surface area contributed by atoms with Gasteiger partial charge in [0.2, 0.25) is 0 Å². The van der Waals surface area contributed by atoms with Gasteiger partial charge in [0.15, 0.2) is 5.78 Å². The van der Waals surface area contributed by atoms with Crippen LogP contribution >= 0.6 is 0 Å². The van der Waals surface area contributed by atoms with Crippen molar-refractivity contribution in [1.29, 1.82) is 0 Å². The second-order valence-corrected chi connectivity index (χ2v) is 5.58. The van der Waals surface area contributed by atoms with Gasteiger partial charge in [-0.3, -0.25) is 4.79 Å². The fourth-order valence-corrected chi connectivity index (χ4v) is 3.03. The Balaban J connectivity index is 2.70. The number of rotatable bonds is 5. The maximum absolute atomic E-state index is 12.5. The summed E-state index contributed by atoms with van der Waals surface area (Å²) in [5.41, 5.74) is -0.343. The number of carbonyl (C=O) groups is 1. The minimum atomic E-state index is -0.343. The summed E-state index contributed by atoms with van der Waals surface area (Å²) < 4.78 is 0. The Bertz CT molecular complexity index is 235. The van der Waals surface area contributed by atoms with Gasteiger partial charge in [0.1, 0.15) is 0 Å². The lowest BCUT2D eigenvalue weighted by Crippen LogP contribution is -2.51. The van der Waals surface area contributed by atoms with Crippen LogP contribution in [0.1, 0.15) is 59.8 Å². The summed E-state index contributed by atoms with van der Waals surface area (Å²) in [6, 6.07) is 0. The van der Waals surface area contributed by atoms with E-state index in [9.17, 15) is 4.79 Å². The van der Waals surface area contributed by atoms with Crippen LogP contribution in [-0.2, 0) is 4.79 Å². The molecule has 0 radical (unpaired) electrons. The van der Waals surface area contributed by atoms with Crippen LogP contribution in [-0.4, -0.2) is 17.9 Å². The van der Waals surface area contributed by atoms with Crippen molar-refractivity contribution in [2.45, 2.75) is 65.3 Å². The van der Waals surface area contributed by atoms with Crippen molar-refractivity contribution < 1.29 is 4.79 Å². The SMILES string of the molecule is CCNC(C)(C)C(=O)C1CCCCC1CC. The molecule has 1 aliphatic rings. The minimum absolute atomic E-state index is 0.299. The van der Waals surface area contributed by atoms with Gasteiger partial charge in [-0.15, -0.1) is 0 Å². The maximum atomic E-state index is 12.5. The summed E-state index contributed by atoms with van der Waals surface area (Å²) in [5, 5.41) is 3.31. The number of Topliss-reactive ketones (excluding diaryl/α,β-unsaturated/α-hetero) is 1. The number of nitrogens with one attached hydrogen (secondary N) is 1. The van der Waals surface area contributed by atoms with Crippen LogP contribution in [0.15, 0.2) is 0 Å². The highest BCUT2D eigenvalue weighted by molar-refractivity contribution is 5.90. The number of ketones is 1. The number of carbonyl (C=O) groups excluding carboxylic acids is 1. The molecule has 0 aromatic carbocycles. The van der Waals surface area contributed by atoms with E-state index < -0.39 is 0 Å². The first-order chi connectivity index (χ1) is 7.53. The van der Waals surface area contributed by atoms with Crippen molar-refractivity contribution in [1.82, 2.24) is 5.32 Å². The molecule has 16 heavy (non-hydrogen) atoms. The molecule has 0 aromatic rings. The van der Waals surface area contributed by atoms with E-state index in [-0.39, 0.29) is 5.54 Å². The maximum Gasteiger partial charge on any atom is 0.155 e. The molecule has 2 unspecified atom stereocenters. The Hall–Kier alpha value is -0.370. The largest absolute Gasteiger partial charge is 0.306 e. The third-order valence-corrected chi connectivity index (χ3v) is 4.00. The molecule has 2 heteroatoms. The first kappa shape index (κ1) is 13.7. The lowest BCUT2D eigenvalue weighted by atomic mass is 9.72. The zero-order valence-electron chi connectivity index (χ0n) is 11.3. The van der Waals surface area contributed by atoms with E-state index in [0.29, 0.717) is 17.6 Å². The summed E-state index contributed by atoms with van der Waals surface area (Å²) in [7, 11) is 0. The topological polar surface area (TPSA) is 29.1 Å². The molecule has 1 aliphatic carbocycles. The number of hydrogen-bond donors (Lipinski definition) is 1. The van der Waals surface area contributed by atoms with E-state index in [2.05, 4.69) is 19.2 Å². The number of hydrogen-bond acceptors (Lipinski definition) is 2. The molecule has 0 amide bonds. The van der Waals surface area contributed by atoms with Crippen molar-refractivity contribution in [2.75, 3.05) is 6.54 Å². The Kier molecular flexibility index (Phi) is 4.97. The number of likely N-dealkylation sites (N-methyl/N-ethyl adjacent to an activating group) is 1. The highest BCUT2D eigenvalue weighted by atomic mass is 16.1. The van der Waals surface area contributed by atoms with Gasteiger partial charge >= 0.3 is 0 Å². The lowest BCUT2D eigenvalue weighted by molar-refractivity contribution is -0.131. The van der Waals surface area contributed by atoms with Gasteiger partial charge in [-0.1, -0.05) is 33.1 Å². The van der Waals surface area contributed by atoms with Gasteiger partial charge in [0.25, 0.3) is 0 Å². The van der Waals surface area contributed by atoms with E-state index in [1.54, 1.807) is 0 Å². The molecule has 2 nitrogen and oxygen atoms in total. The third kappa shape index (κ3) is 3.07. The molecule has 0 aromatic heterocycles. The summed E-state index contributed by atoms with van der Waals surface area (Å²) in [6.07, 6.45) is 6.04. The van der Waals surface area contributed by atoms with Gasteiger partial charge in [0.05, 0.1) is 5.54 Å². The van der Waals surface area contributed by atoms with E-state index in [0.717, 1.165) is 19.4 Å². The lowest BCUT2D eigenvalue weighted by Gasteiger charge is -2.35. The molecule has 1 N–H and O–H groups in total. The fourth-order valence-electron chi connectivity index (χ4n) is 3.03. The summed E-state index contributed by atoms with van der Waals surface area (Å²) in [6.45, 7) is 9.20. The zero-order valence-corrected chi connectivity index (χ0v) is 11.3. The van der Waals surface area contributed by atoms with Crippen molar-refractivity contribution >= 4 is 5.78 Å². The van der Waals surface area contributed by atoms with E-state index >= 15 is 0 Å². The van der Waals surface area contributed by atoms with Gasteiger partial charge in [-0.05, 0) is 39.2 Å². The second kappa shape index (κ2) is 5.81. The van der Waals surface area contributed by atoms with Crippen LogP contribution in [0.3, 0.4) is 0 Å². The molecule has 94 valence electrons. The fraction of sp³-hybridized carbons (Fsp3) is 0.929. The van der Waals surface area contributed by atoms with Crippen LogP contribution in [0.2, 0.25) is 0 Å². The van der Waals surface area contributed by atoms with Gasteiger partial charge in [-0.2, -0.15) is 0 Å². The standard InChI is InChI=1S/C14H27NO/c1-5-11-9-7-8-10-12(11)13(16)14(3,4)15-6-2/h11-12,15H,5-10H2,1-4H3. The van der Waals surface area contributed by atoms with Crippen LogP contribution in [0, 0.1) is 11.8 Å². The summed E-state index contributed by atoms with van der Waals surface area (Å²) in [5.74, 6) is 1.35. The third-order valence-electron chi connectivity index (χ3n) is 4.00. The highest BCUT2D eigenvalue weighted by Gasteiger charge is 2.37. The zero-order chi connectivity index (χ0) is 12.2. The minimum Gasteiger partial charge on any atom is -0.306 e. The Labute approximate surface area is 100 Å². The quantitative estimate of drug-likeness (QED) is 0.778. The van der Waals surface area contributed by atoms with Crippen molar-refractivity contribution in [3.8, 4) is 0 Å². The average molecular weight is 225 g/mol. The van der Waals surface area contributed by atoms with E-state index in [4.69, 9.17) is 0 Å². The molecule has 0 saturated heterocycles. The summed E-state index contributed by atoms with van der Waals surface area (Å²) >= 11 is 0. The smallest absolute Gasteiger partial charge is 0.155 e. The molecule has 1 rings (SSSR count). The van der Waals surface area contributed by atoms with E-state index in [1.165, 1.54) is 19.3 Å². The van der Waals surface area contributed by atoms with Crippen molar-refractivity contribution in [2.24, 2.45) is 11.8 Å². The monoisotopic (exact) mass is 225 g/mol. The van der Waals surface area contributed by atoms with Crippen molar-refractivity contribution in [3.63, 3.8) is 0 Å². The Morgan fingerprint density at radius 1 is 1.25 bits per heavy atom. The first-order valence-electron chi connectivity index (χ1n) is 6.82. The predicted molar refractivity (Wildman–Crippen MR) is 68.5 cm³/mol. The van der Waals surface area contributed by atoms with Gasteiger partial charge in [-0.25, -0.2) is 0 Å². The van der Waals surface area contributed by atoms with Crippen LogP contribution in [0.4, 0.5) is 0 Å². The molecule has 0 aliphatic heterocycles. The van der Waals surface area contributed by atoms with Crippen molar-refractivity contribution in [3.05, 3.63) is 0 Å².